The summed E-state index contributed by atoms with van der Waals surface area (Å²) in [5.74, 6) is 0. The maximum Gasteiger partial charge on any atom is 0.150 e. The minimum atomic E-state index is 0.735. The molecule has 0 radical (unpaired) electrons. The lowest BCUT2D eigenvalue weighted by molar-refractivity contribution is 0.112. The molecule has 0 saturated heterocycles. The lowest BCUT2D eigenvalue weighted by Gasteiger charge is -2.04. The summed E-state index contributed by atoms with van der Waals surface area (Å²) in [6.07, 6.45) is 12.7. The lowest BCUT2D eigenvalue weighted by atomic mass is 10.00. The third kappa shape index (κ3) is 1.57. The van der Waals surface area contributed by atoms with Crippen molar-refractivity contribution in [1.29, 1.82) is 0 Å². The van der Waals surface area contributed by atoms with Crippen LogP contribution in [0.4, 0.5) is 0 Å². The Kier molecular flexibility index (Phi) is 2.41. The standard InChI is InChI=1S/C13H10O/c14-10-12-8-5-7-11-6-3-1-2-4-9-13(11)12/h1-10H/b2-1-,3-1?,4-2?,6-3?,9-4-,11-6?,13-9?. The first-order chi connectivity index (χ1) is 6.92. The van der Waals surface area contributed by atoms with Gasteiger partial charge in [0.25, 0.3) is 0 Å². The molecule has 0 amide bonds. The van der Waals surface area contributed by atoms with Crippen LogP contribution < -0.4 is 0 Å². The van der Waals surface area contributed by atoms with Crippen molar-refractivity contribution in [2.45, 2.75) is 0 Å². The molecule has 0 N–H and O–H groups in total. The number of rotatable bonds is 1. The van der Waals surface area contributed by atoms with Gasteiger partial charge in [-0.3, -0.25) is 4.79 Å². The summed E-state index contributed by atoms with van der Waals surface area (Å²) in [7, 11) is 0. The van der Waals surface area contributed by atoms with Gasteiger partial charge in [-0.2, -0.15) is 0 Å². The van der Waals surface area contributed by atoms with E-state index in [9.17, 15) is 4.79 Å². The van der Waals surface area contributed by atoms with E-state index in [0.29, 0.717) is 0 Å². The summed E-state index contributed by atoms with van der Waals surface area (Å²) in [4.78, 5) is 10.8. The third-order valence-electron chi connectivity index (χ3n) is 2.17. The molecule has 1 heteroatoms. The van der Waals surface area contributed by atoms with E-state index in [1.54, 1.807) is 0 Å². The molecular formula is C13H10O. The molecule has 1 aromatic carbocycles. The average molecular weight is 182 g/mol. The van der Waals surface area contributed by atoms with Crippen LogP contribution in [-0.2, 0) is 0 Å². The number of hydrogen-bond donors (Lipinski definition) is 0. The van der Waals surface area contributed by atoms with Crippen molar-refractivity contribution in [3.63, 3.8) is 0 Å². The molecule has 0 aromatic heterocycles. The van der Waals surface area contributed by atoms with E-state index in [-0.39, 0.29) is 0 Å². The number of benzene rings is 1. The van der Waals surface area contributed by atoms with Crippen molar-refractivity contribution in [1.82, 2.24) is 0 Å². The zero-order valence-electron chi connectivity index (χ0n) is 7.68. The van der Waals surface area contributed by atoms with Gasteiger partial charge in [0.2, 0.25) is 0 Å². The second-order valence-electron chi connectivity index (χ2n) is 3.07. The van der Waals surface area contributed by atoms with E-state index in [0.717, 1.165) is 23.0 Å². The van der Waals surface area contributed by atoms with Crippen LogP contribution in [0, 0.1) is 0 Å². The van der Waals surface area contributed by atoms with Crippen LogP contribution in [0.3, 0.4) is 0 Å². The minimum Gasteiger partial charge on any atom is -0.298 e. The number of fused-ring (bicyclic) bond motifs is 1. The molecule has 1 nitrogen and oxygen atoms in total. The Hall–Kier alpha value is -1.89. The van der Waals surface area contributed by atoms with Crippen LogP contribution in [0.2, 0.25) is 0 Å². The molecule has 0 unspecified atom stereocenters. The van der Waals surface area contributed by atoms with Crippen molar-refractivity contribution in [3.8, 4) is 0 Å². The van der Waals surface area contributed by atoms with Crippen LogP contribution in [0.15, 0.2) is 42.5 Å². The third-order valence-corrected chi connectivity index (χ3v) is 2.17. The highest BCUT2D eigenvalue weighted by molar-refractivity contribution is 5.85. The second kappa shape index (κ2) is 3.88. The molecule has 2 rings (SSSR count). The zero-order chi connectivity index (χ0) is 9.80. The predicted molar refractivity (Wildman–Crippen MR) is 59.0 cm³/mol. The molecular weight excluding hydrogens is 172 g/mol. The Morgan fingerprint density at radius 3 is 2.50 bits per heavy atom. The summed E-state index contributed by atoms with van der Waals surface area (Å²) in [5.41, 5.74) is 2.80. The number of carbonyl (C=O) groups is 1. The summed E-state index contributed by atoms with van der Waals surface area (Å²) in [6.45, 7) is 0. The van der Waals surface area contributed by atoms with Crippen LogP contribution in [0.5, 0.6) is 0 Å². The van der Waals surface area contributed by atoms with E-state index in [1.165, 1.54) is 0 Å². The Labute approximate surface area is 83.1 Å². The highest BCUT2D eigenvalue weighted by Gasteiger charge is 2.02. The predicted octanol–water partition coefficient (Wildman–Crippen LogP) is 3.10. The van der Waals surface area contributed by atoms with Gasteiger partial charge in [0.1, 0.15) is 0 Å². The van der Waals surface area contributed by atoms with Crippen LogP contribution in [0.25, 0.3) is 12.2 Å². The number of hydrogen-bond acceptors (Lipinski definition) is 1. The molecule has 0 atom stereocenters. The van der Waals surface area contributed by atoms with Crippen molar-refractivity contribution in [3.05, 3.63) is 59.2 Å². The Morgan fingerprint density at radius 2 is 1.71 bits per heavy atom. The fourth-order valence-corrected chi connectivity index (χ4v) is 1.48. The first kappa shape index (κ1) is 8.70. The molecule has 0 saturated carbocycles. The Bertz CT molecular complexity index is 437. The van der Waals surface area contributed by atoms with Gasteiger partial charge in [0.05, 0.1) is 0 Å². The highest BCUT2D eigenvalue weighted by atomic mass is 16.1. The van der Waals surface area contributed by atoms with Gasteiger partial charge in [-0.05, 0) is 11.1 Å². The van der Waals surface area contributed by atoms with Crippen molar-refractivity contribution in [2.24, 2.45) is 0 Å². The molecule has 0 heterocycles. The number of aldehydes is 1. The largest absolute Gasteiger partial charge is 0.298 e. The fourth-order valence-electron chi connectivity index (χ4n) is 1.48. The molecule has 0 aliphatic heterocycles. The van der Waals surface area contributed by atoms with Gasteiger partial charge in [-0.25, -0.2) is 0 Å². The van der Waals surface area contributed by atoms with Crippen molar-refractivity contribution in [2.75, 3.05) is 0 Å². The fraction of sp³-hybridized carbons (Fsp3) is 0. The van der Waals surface area contributed by atoms with Crippen LogP contribution in [0.1, 0.15) is 21.5 Å². The molecule has 1 aromatic rings. The van der Waals surface area contributed by atoms with Crippen molar-refractivity contribution < 1.29 is 4.79 Å². The van der Waals surface area contributed by atoms with Gasteiger partial charge in [0.15, 0.2) is 6.29 Å². The summed E-state index contributed by atoms with van der Waals surface area (Å²) in [6, 6.07) is 5.73. The van der Waals surface area contributed by atoms with Crippen LogP contribution >= 0.6 is 0 Å². The molecule has 0 fully saturated rings. The smallest absolute Gasteiger partial charge is 0.150 e. The van der Waals surface area contributed by atoms with E-state index < -0.39 is 0 Å². The molecule has 14 heavy (non-hydrogen) atoms. The average Bonchev–Trinajstić information content (AvgIpc) is 2.18. The second-order valence-corrected chi connectivity index (χ2v) is 3.07. The molecule has 1 aliphatic carbocycles. The SMILES string of the molecule is O=Cc1cccc2c1/C=C\C=C/C=C2. The quantitative estimate of drug-likeness (QED) is 0.610. The first-order valence-electron chi connectivity index (χ1n) is 4.51. The normalized spacial score (nSPS) is 17.7. The molecule has 68 valence electrons. The van der Waals surface area contributed by atoms with Gasteiger partial charge in [-0.1, -0.05) is 54.7 Å². The summed E-state index contributed by atoms with van der Waals surface area (Å²) >= 11 is 0. The number of carbonyl (C=O) groups excluding carboxylic acids is 1. The molecule has 0 spiro atoms. The minimum absolute atomic E-state index is 0.735. The van der Waals surface area contributed by atoms with Gasteiger partial charge in [0, 0.05) is 5.56 Å². The maximum atomic E-state index is 10.8. The Morgan fingerprint density at radius 1 is 0.929 bits per heavy atom. The van der Waals surface area contributed by atoms with Crippen molar-refractivity contribution >= 4 is 18.4 Å². The lowest BCUT2D eigenvalue weighted by Crippen LogP contribution is -1.90. The van der Waals surface area contributed by atoms with E-state index >= 15 is 0 Å². The van der Waals surface area contributed by atoms with Crippen LogP contribution in [-0.4, -0.2) is 6.29 Å². The van der Waals surface area contributed by atoms with E-state index in [4.69, 9.17) is 0 Å². The van der Waals surface area contributed by atoms with E-state index in [1.807, 2.05) is 54.7 Å². The molecule has 0 bridgehead atoms. The summed E-state index contributed by atoms with van der Waals surface area (Å²) < 4.78 is 0. The monoisotopic (exact) mass is 182 g/mol. The van der Waals surface area contributed by atoms with E-state index in [2.05, 4.69) is 0 Å². The summed E-state index contributed by atoms with van der Waals surface area (Å²) in [5, 5.41) is 0. The molecule has 1 aliphatic rings. The zero-order valence-corrected chi connectivity index (χ0v) is 7.68. The Balaban J connectivity index is 2.64. The van der Waals surface area contributed by atoms with Gasteiger partial charge >= 0.3 is 0 Å². The van der Waals surface area contributed by atoms with Gasteiger partial charge < -0.3 is 0 Å². The first-order valence-corrected chi connectivity index (χ1v) is 4.51. The highest BCUT2D eigenvalue weighted by Crippen LogP contribution is 2.18. The van der Waals surface area contributed by atoms with Gasteiger partial charge in [-0.15, -0.1) is 0 Å². The number of allylic oxidation sites excluding steroid dienone is 4. The topological polar surface area (TPSA) is 17.1 Å². The maximum absolute atomic E-state index is 10.8.